The predicted octanol–water partition coefficient (Wildman–Crippen LogP) is -1.52. The van der Waals surface area contributed by atoms with Crippen molar-refractivity contribution >= 4 is 24.6 Å². The molecule has 2 rings (SSSR count). The maximum Gasteiger partial charge on any atom is 0.488 e. The molecular weight excluding hydrogens is 195 g/mol. The Labute approximate surface area is 87.5 Å². The summed E-state index contributed by atoms with van der Waals surface area (Å²) in [5.41, 5.74) is 3.97. The third-order valence-corrected chi connectivity index (χ3v) is 2.13. The number of hydrogen-bond acceptors (Lipinski definition) is 6. The first-order valence-electron chi connectivity index (χ1n) is 4.46. The number of benzene rings is 1. The lowest BCUT2D eigenvalue weighted by Crippen LogP contribution is -2.40. The molecule has 0 saturated carbocycles. The maximum atomic E-state index is 9.03. The zero-order valence-electron chi connectivity index (χ0n) is 8.20. The third-order valence-electron chi connectivity index (χ3n) is 2.13. The minimum absolute atomic E-state index is 0.446. The van der Waals surface area contributed by atoms with Crippen LogP contribution in [0.5, 0.6) is 0 Å². The van der Waals surface area contributed by atoms with Crippen LogP contribution >= 0.6 is 0 Å². The van der Waals surface area contributed by atoms with E-state index in [0.717, 1.165) is 5.69 Å². The van der Waals surface area contributed by atoms with Crippen LogP contribution in [0.15, 0.2) is 29.4 Å². The highest BCUT2D eigenvalue weighted by Gasteiger charge is 2.17. The van der Waals surface area contributed by atoms with Crippen LogP contribution in [0.25, 0.3) is 0 Å². The van der Waals surface area contributed by atoms with Gasteiger partial charge in [0.25, 0.3) is 0 Å². The predicted molar refractivity (Wildman–Crippen MR) is 58.1 cm³/mol. The van der Waals surface area contributed by atoms with Crippen molar-refractivity contribution in [3.05, 3.63) is 24.3 Å². The molecule has 0 fully saturated rings. The first-order valence-corrected chi connectivity index (χ1v) is 4.46. The van der Waals surface area contributed by atoms with Crippen molar-refractivity contribution in [3.63, 3.8) is 0 Å². The van der Waals surface area contributed by atoms with Crippen LogP contribution in [-0.2, 0) is 0 Å². The monoisotopic (exact) mass is 206 g/mol. The lowest BCUT2D eigenvalue weighted by molar-refractivity contribution is 0.279. The molecule has 0 aromatic heterocycles. The summed E-state index contributed by atoms with van der Waals surface area (Å²) in [6.45, 7) is 0. The summed E-state index contributed by atoms with van der Waals surface area (Å²) in [5.74, 6) is 0. The van der Waals surface area contributed by atoms with Gasteiger partial charge in [0.15, 0.2) is 0 Å². The normalized spacial score (nSPS) is 15.5. The Morgan fingerprint density at radius 1 is 1.40 bits per heavy atom. The van der Waals surface area contributed by atoms with Crippen molar-refractivity contribution in [2.75, 3.05) is 12.1 Å². The van der Waals surface area contributed by atoms with Gasteiger partial charge in [-0.15, -0.1) is 5.12 Å². The quantitative estimate of drug-likeness (QED) is 0.512. The number of hydrazone groups is 1. The second-order valence-corrected chi connectivity index (χ2v) is 3.18. The fraction of sp³-hybridized carbons (Fsp3) is 0.125. The number of rotatable bonds is 2. The van der Waals surface area contributed by atoms with Gasteiger partial charge in [0, 0.05) is 7.05 Å². The van der Waals surface area contributed by atoms with E-state index in [1.54, 1.807) is 41.7 Å². The van der Waals surface area contributed by atoms with Crippen molar-refractivity contribution < 1.29 is 10.0 Å². The molecule has 1 aromatic carbocycles. The molecular formula is C8H11BN4O2. The van der Waals surface area contributed by atoms with E-state index in [0.29, 0.717) is 5.46 Å². The Bertz CT molecular complexity index is 385. The molecule has 6 nitrogen and oxygen atoms in total. The summed E-state index contributed by atoms with van der Waals surface area (Å²) in [5, 5.41) is 25.3. The molecule has 3 N–H and O–H groups in total. The molecule has 15 heavy (non-hydrogen) atoms. The molecule has 1 aliphatic heterocycles. The zero-order valence-corrected chi connectivity index (χ0v) is 8.20. The summed E-state index contributed by atoms with van der Waals surface area (Å²) >= 11 is 0. The van der Waals surface area contributed by atoms with Gasteiger partial charge in [0.1, 0.15) is 6.34 Å². The fourth-order valence-electron chi connectivity index (χ4n) is 1.36. The summed E-state index contributed by atoms with van der Waals surface area (Å²) in [6, 6.07) is 6.93. The zero-order chi connectivity index (χ0) is 10.8. The SMILES string of the molecule is CN1NN=CN1c1cccc(B(O)O)c1. The molecule has 1 aliphatic rings. The van der Waals surface area contributed by atoms with E-state index < -0.39 is 7.12 Å². The van der Waals surface area contributed by atoms with E-state index in [1.165, 1.54) is 0 Å². The van der Waals surface area contributed by atoms with Gasteiger partial charge in [-0.25, -0.2) is 10.5 Å². The lowest BCUT2D eigenvalue weighted by Gasteiger charge is -2.22. The van der Waals surface area contributed by atoms with E-state index in [9.17, 15) is 0 Å². The number of hydrazine groups is 2. The molecule has 0 bridgehead atoms. The van der Waals surface area contributed by atoms with E-state index in [1.807, 2.05) is 6.07 Å². The van der Waals surface area contributed by atoms with Crippen LogP contribution in [-0.4, -0.2) is 35.7 Å². The number of nitrogens with zero attached hydrogens (tertiary/aromatic N) is 3. The highest BCUT2D eigenvalue weighted by molar-refractivity contribution is 6.58. The Hall–Kier alpha value is -1.57. The number of anilines is 1. The number of nitrogens with one attached hydrogen (secondary N) is 1. The minimum Gasteiger partial charge on any atom is -0.423 e. The molecule has 0 saturated heterocycles. The first kappa shape index (κ1) is 9.97. The number of hydrogen-bond donors (Lipinski definition) is 3. The second-order valence-electron chi connectivity index (χ2n) is 3.18. The van der Waals surface area contributed by atoms with Gasteiger partial charge in [-0.1, -0.05) is 12.1 Å². The van der Waals surface area contributed by atoms with Crippen molar-refractivity contribution in [3.8, 4) is 0 Å². The molecule has 0 unspecified atom stereocenters. The van der Waals surface area contributed by atoms with E-state index in [-0.39, 0.29) is 0 Å². The van der Waals surface area contributed by atoms with Gasteiger partial charge in [-0.05, 0) is 17.6 Å². The Balaban J connectivity index is 2.28. The summed E-state index contributed by atoms with van der Waals surface area (Å²) in [6.07, 6.45) is 1.60. The van der Waals surface area contributed by atoms with Crippen LogP contribution < -0.4 is 16.0 Å². The van der Waals surface area contributed by atoms with E-state index in [2.05, 4.69) is 10.6 Å². The van der Waals surface area contributed by atoms with Crippen molar-refractivity contribution in [2.24, 2.45) is 5.10 Å². The van der Waals surface area contributed by atoms with Crippen molar-refractivity contribution in [1.29, 1.82) is 0 Å². The molecule has 0 atom stereocenters. The van der Waals surface area contributed by atoms with Crippen LogP contribution in [0, 0.1) is 0 Å². The van der Waals surface area contributed by atoms with Gasteiger partial charge >= 0.3 is 7.12 Å². The molecule has 7 heteroatoms. The molecule has 0 spiro atoms. The smallest absolute Gasteiger partial charge is 0.423 e. The van der Waals surface area contributed by atoms with Gasteiger partial charge in [-0.2, -0.15) is 5.10 Å². The lowest BCUT2D eigenvalue weighted by atomic mass is 9.80. The van der Waals surface area contributed by atoms with Crippen LogP contribution in [0.4, 0.5) is 5.69 Å². The van der Waals surface area contributed by atoms with E-state index in [4.69, 9.17) is 10.0 Å². The summed E-state index contributed by atoms with van der Waals surface area (Å²) < 4.78 is 0. The van der Waals surface area contributed by atoms with Crippen LogP contribution in [0.3, 0.4) is 0 Å². The molecule has 78 valence electrons. The summed E-state index contributed by atoms with van der Waals surface area (Å²) in [4.78, 5) is 0. The largest absolute Gasteiger partial charge is 0.488 e. The maximum absolute atomic E-state index is 9.03. The van der Waals surface area contributed by atoms with Crippen molar-refractivity contribution in [1.82, 2.24) is 10.7 Å². The Morgan fingerprint density at radius 2 is 2.20 bits per heavy atom. The van der Waals surface area contributed by atoms with Crippen LogP contribution in [0.2, 0.25) is 0 Å². The fourth-order valence-corrected chi connectivity index (χ4v) is 1.36. The third kappa shape index (κ3) is 1.94. The first-order chi connectivity index (χ1) is 7.18. The molecule has 1 aromatic rings. The van der Waals surface area contributed by atoms with E-state index >= 15 is 0 Å². The molecule has 1 heterocycles. The van der Waals surface area contributed by atoms with Crippen molar-refractivity contribution in [2.45, 2.75) is 0 Å². The standard InChI is InChI=1S/C8H11BN4O2/c1-12-11-10-6-13(12)8-4-2-3-7(5-8)9(14)15/h2-6,11,14-15H,1H3. The van der Waals surface area contributed by atoms with Crippen LogP contribution in [0.1, 0.15) is 0 Å². The topological polar surface area (TPSA) is 71.3 Å². The van der Waals surface area contributed by atoms with Gasteiger partial charge in [0.2, 0.25) is 0 Å². The average molecular weight is 206 g/mol. The second kappa shape index (κ2) is 3.89. The van der Waals surface area contributed by atoms with Gasteiger partial charge in [-0.3, -0.25) is 0 Å². The summed E-state index contributed by atoms with van der Waals surface area (Å²) in [7, 11) is 0.345. The molecule has 0 radical (unpaired) electrons. The highest BCUT2D eigenvalue weighted by Crippen LogP contribution is 2.13. The Morgan fingerprint density at radius 3 is 2.80 bits per heavy atom. The molecule has 0 aliphatic carbocycles. The Kier molecular flexibility index (Phi) is 2.59. The minimum atomic E-state index is -1.46. The highest BCUT2D eigenvalue weighted by atomic mass is 16.4. The molecule has 0 amide bonds. The van der Waals surface area contributed by atoms with Gasteiger partial charge < -0.3 is 10.0 Å². The average Bonchev–Trinajstić information content (AvgIpc) is 2.64. The van der Waals surface area contributed by atoms with Gasteiger partial charge in [0.05, 0.1) is 5.69 Å².